The molecule has 2 aromatic rings. The quantitative estimate of drug-likeness (QED) is 0.735. The number of methoxy groups -OCH3 is 1. The molecule has 17 heavy (non-hydrogen) atoms. The Hall–Kier alpha value is -0.770. The maximum absolute atomic E-state index is 6.22. The van der Waals surface area contributed by atoms with Crippen LogP contribution in [0.25, 0.3) is 11.1 Å². The lowest BCUT2D eigenvalue weighted by Crippen LogP contribution is -1.90. The van der Waals surface area contributed by atoms with E-state index >= 15 is 0 Å². The van der Waals surface area contributed by atoms with Crippen LogP contribution in [-0.2, 0) is 0 Å². The summed E-state index contributed by atoms with van der Waals surface area (Å²) in [5.74, 6) is 0.678. The van der Waals surface area contributed by atoms with Crippen molar-refractivity contribution in [3.05, 3.63) is 45.1 Å². The van der Waals surface area contributed by atoms with E-state index in [0.717, 1.165) is 15.7 Å². The van der Waals surface area contributed by atoms with Crippen molar-refractivity contribution in [2.24, 2.45) is 0 Å². The third-order valence-corrected chi connectivity index (χ3v) is 3.53. The number of ether oxygens (including phenoxy) is 1. The zero-order chi connectivity index (χ0) is 12.4. The van der Waals surface area contributed by atoms with Crippen LogP contribution in [0.1, 0.15) is 0 Å². The topological polar surface area (TPSA) is 22.1 Å². The highest BCUT2D eigenvalue weighted by molar-refractivity contribution is 9.10. The Kier molecular flexibility index (Phi) is 3.92. The van der Waals surface area contributed by atoms with Gasteiger partial charge in [-0.1, -0.05) is 23.2 Å². The smallest absolute Gasteiger partial charge is 0.128 e. The second-order valence-corrected chi connectivity index (χ2v) is 4.90. The molecule has 0 amide bonds. The first-order valence-electron chi connectivity index (χ1n) is 4.77. The van der Waals surface area contributed by atoms with Gasteiger partial charge in [0.05, 0.1) is 17.2 Å². The van der Waals surface area contributed by atoms with Crippen molar-refractivity contribution in [2.45, 2.75) is 0 Å². The molecule has 5 heteroatoms. The normalized spacial score (nSPS) is 10.4. The van der Waals surface area contributed by atoms with E-state index in [1.54, 1.807) is 25.4 Å². The molecule has 0 saturated carbocycles. The Morgan fingerprint density at radius 1 is 1.24 bits per heavy atom. The highest BCUT2D eigenvalue weighted by atomic mass is 79.9. The molecular weight excluding hydrogens is 325 g/mol. The fraction of sp³-hybridized carbons (Fsp3) is 0.0833. The van der Waals surface area contributed by atoms with Gasteiger partial charge >= 0.3 is 0 Å². The van der Waals surface area contributed by atoms with Crippen LogP contribution in [0.4, 0.5) is 0 Å². The molecule has 0 N–H and O–H groups in total. The van der Waals surface area contributed by atoms with E-state index in [0.29, 0.717) is 15.8 Å². The summed E-state index contributed by atoms with van der Waals surface area (Å²) in [5.41, 5.74) is 1.67. The van der Waals surface area contributed by atoms with Crippen molar-refractivity contribution in [1.82, 2.24) is 4.98 Å². The maximum Gasteiger partial charge on any atom is 0.128 e. The molecule has 1 aromatic heterocycles. The van der Waals surface area contributed by atoms with Gasteiger partial charge < -0.3 is 4.74 Å². The second kappa shape index (κ2) is 5.25. The highest BCUT2D eigenvalue weighted by Gasteiger charge is 2.13. The first-order chi connectivity index (χ1) is 8.13. The zero-order valence-electron chi connectivity index (χ0n) is 8.88. The van der Waals surface area contributed by atoms with Gasteiger partial charge in [0.25, 0.3) is 0 Å². The number of hydrogen-bond acceptors (Lipinski definition) is 2. The van der Waals surface area contributed by atoms with E-state index < -0.39 is 0 Å². The molecule has 1 heterocycles. The molecule has 2 nitrogen and oxygen atoms in total. The Bertz CT molecular complexity index is 560. The number of hydrogen-bond donors (Lipinski definition) is 0. The van der Waals surface area contributed by atoms with Crippen molar-refractivity contribution in [2.75, 3.05) is 7.11 Å². The molecule has 0 bridgehead atoms. The lowest BCUT2D eigenvalue weighted by atomic mass is 10.1. The van der Waals surface area contributed by atoms with Gasteiger partial charge in [0.2, 0.25) is 0 Å². The minimum atomic E-state index is 0.476. The third-order valence-electron chi connectivity index (χ3n) is 2.29. The number of benzene rings is 1. The molecule has 0 spiro atoms. The van der Waals surface area contributed by atoms with E-state index in [1.807, 2.05) is 12.1 Å². The minimum absolute atomic E-state index is 0.476. The summed E-state index contributed by atoms with van der Waals surface area (Å²) in [4.78, 5) is 4.07. The molecule has 0 atom stereocenters. The highest BCUT2D eigenvalue weighted by Crippen LogP contribution is 2.40. The fourth-order valence-corrected chi connectivity index (χ4v) is 2.32. The van der Waals surface area contributed by atoms with Gasteiger partial charge in [-0.05, 0) is 45.8 Å². The monoisotopic (exact) mass is 331 g/mol. The molecule has 88 valence electrons. The Morgan fingerprint density at radius 2 is 2.00 bits per heavy atom. The lowest BCUT2D eigenvalue weighted by Gasteiger charge is -2.11. The fourth-order valence-electron chi connectivity index (χ4n) is 1.53. The van der Waals surface area contributed by atoms with E-state index in [1.165, 1.54) is 0 Å². The first kappa shape index (κ1) is 12.7. The van der Waals surface area contributed by atoms with Gasteiger partial charge in [-0.3, -0.25) is 0 Å². The molecule has 0 aliphatic carbocycles. The number of halogens is 3. The average molecular weight is 333 g/mol. The molecule has 0 aliphatic heterocycles. The standard InChI is InChI=1S/C12H8BrCl2NO/c1-17-9-3-2-8(14)12(15)11(9)7-4-5-16-10(13)6-7/h2-6H,1H3. The van der Waals surface area contributed by atoms with Crippen molar-refractivity contribution < 1.29 is 4.74 Å². The summed E-state index contributed by atoms with van der Waals surface area (Å²) in [7, 11) is 1.60. The molecular formula is C12H8BrCl2NO. The molecule has 2 rings (SSSR count). The Morgan fingerprint density at radius 3 is 2.65 bits per heavy atom. The number of nitrogens with zero attached hydrogens (tertiary/aromatic N) is 1. The predicted molar refractivity (Wildman–Crippen MR) is 73.9 cm³/mol. The van der Waals surface area contributed by atoms with Crippen LogP contribution < -0.4 is 4.74 Å². The van der Waals surface area contributed by atoms with Gasteiger partial charge in [0.1, 0.15) is 10.4 Å². The van der Waals surface area contributed by atoms with Crippen LogP contribution in [0.2, 0.25) is 10.0 Å². The first-order valence-corrected chi connectivity index (χ1v) is 6.32. The van der Waals surface area contributed by atoms with Gasteiger partial charge in [-0.2, -0.15) is 0 Å². The van der Waals surface area contributed by atoms with Crippen molar-refractivity contribution in [1.29, 1.82) is 0 Å². The average Bonchev–Trinajstić information content (AvgIpc) is 2.32. The SMILES string of the molecule is COc1ccc(Cl)c(Cl)c1-c1ccnc(Br)c1. The molecule has 0 unspecified atom stereocenters. The van der Waals surface area contributed by atoms with E-state index in [-0.39, 0.29) is 0 Å². The maximum atomic E-state index is 6.22. The molecule has 1 aromatic carbocycles. The predicted octanol–water partition coefficient (Wildman–Crippen LogP) is 4.83. The molecule has 0 saturated heterocycles. The van der Waals surface area contributed by atoms with Gasteiger partial charge in [0.15, 0.2) is 0 Å². The van der Waals surface area contributed by atoms with Crippen molar-refractivity contribution in [3.8, 4) is 16.9 Å². The summed E-state index contributed by atoms with van der Waals surface area (Å²) in [6, 6.07) is 7.21. The third kappa shape index (κ3) is 2.57. The zero-order valence-corrected chi connectivity index (χ0v) is 12.0. The van der Waals surface area contributed by atoms with Crippen molar-refractivity contribution >= 4 is 39.1 Å². The van der Waals surface area contributed by atoms with E-state index in [9.17, 15) is 0 Å². The Labute approximate surface area is 118 Å². The van der Waals surface area contributed by atoms with Crippen LogP contribution in [0.15, 0.2) is 35.1 Å². The van der Waals surface area contributed by atoms with Gasteiger partial charge in [-0.15, -0.1) is 0 Å². The second-order valence-electron chi connectivity index (χ2n) is 3.31. The van der Waals surface area contributed by atoms with Crippen LogP contribution in [0, 0.1) is 0 Å². The summed E-state index contributed by atoms with van der Waals surface area (Å²) in [5, 5.41) is 0.972. The lowest BCUT2D eigenvalue weighted by molar-refractivity contribution is 0.416. The molecule has 0 fully saturated rings. The van der Waals surface area contributed by atoms with E-state index in [4.69, 9.17) is 27.9 Å². The summed E-state index contributed by atoms with van der Waals surface area (Å²) in [6.45, 7) is 0. The number of pyridine rings is 1. The van der Waals surface area contributed by atoms with Gasteiger partial charge in [-0.25, -0.2) is 4.98 Å². The van der Waals surface area contributed by atoms with Crippen LogP contribution in [0.3, 0.4) is 0 Å². The van der Waals surface area contributed by atoms with Crippen LogP contribution in [-0.4, -0.2) is 12.1 Å². The van der Waals surface area contributed by atoms with Crippen LogP contribution in [0.5, 0.6) is 5.75 Å². The number of aromatic nitrogens is 1. The van der Waals surface area contributed by atoms with E-state index in [2.05, 4.69) is 20.9 Å². The molecule has 0 radical (unpaired) electrons. The summed E-state index contributed by atoms with van der Waals surface area (Å²) < 4.78 is 6.03. The minimum Gasteiger partial charge on any atom is -0.496 e. The van der Waals surface area contributed by atoms with Crippen LogP contribution >= 0.6 is 39.1 Å². The number of rotatable bonds is 2. The van der Waals surface area contributed by atoms with Gasteiger partial charge in [0, 0.05) is 11.8 Å². The summed E-state index contributed by atoms with van der Waals surface area (Å²) in [6.07, 6.45) is 1.69. The largest absolute Gasteiger partial charge is 0.496 e. The Balaban J connectivity index is 2.69. The van der Waals surface area contributed by atoms with Crippen molar-refractivity contribution in [3.63, 3.8) is 0 Å². The molecule has 0 aliphatic rings. The summed E-state index contributed by atoms with van der Waals surface area (Å²) >= 11 is 15.6.